The van der Waals surface area contributed by atoms with Crippen molar-refractivity contribution in [2.45, 2.75) is 31.3 Å². The van der Waals surface area contributed by atoms with Crippen LogP contribution in [0, 0.1) is 13.8 Å². The van der Waals surface area contributed by atoms with Crippen molar-refractivity contribution < 1.29 is 4.74 Å². The van der Waals surface area contributed by atoms with Crippen LogP contribution in [0.5, 0.6) is 0 Å². The van der Waals surface area contributed by atoms with Gasteiger partial charge in [-0.3, -0.25) is 0 Å². The molecule has 0 spiro atoms. The lowest BCUT2D eigenvalue weighted by Crippen LogP contribution is -2.07. The van der Waals surface area contributed by atoms with Crippen molar-refractivity contribution in [3.05, 3.63) is 32.2 Å². The maximum absolute atomic E-state index is 5.17. The molecule has 6 heteroatoms. The zero-order valence-electron chi connectivity index (χ0n) is 11.3. The maximum Gasteiger partial charge on any atom is 0.168 e. The molecule has 0 radical (unpaired) electrons. The van der Waals surface area contributed by atoms with Crippen molar-refractivity contribution >= 4 is 39.0 Å². The molecular formula is C13H17BrN2OS2. The molecule has 0 aliphatic carbocycles. The number of hydrogen-bond donors (Lipinski definition) is 0. The van der Waals surface area contributed by atoms with Gasteiger partial charge in [-0.25, -0.2) is 4.98 Å². The second-order valence-electron chi connectivity index (χ2n) is 4.20. The summed E-state index contributed by atoms with van der Waals surface area (Å²) >= 11 is 7.06. The van der Waals surface area contributed by atoms with E-state index in [2.05, 4.69) is 51.5 Å². The predicted octanol–water partition coefficient (Wildman–Crippen LogP) is 4.26. The molecule has 0 aliphatic heterocycles. The van der Waals surface area contributed by atoms with Gasteiger partial charge in [-0.15, -0.1) is 11.3 Å². The second kappa shape index (κ2) is 6.92. The number of halogens is 1. The molecule has 104 valence electrons. The maximum atomic E-state index is 5.17. The first kappa shape index (κ1) is 15.1. The number of imidazole rings is 1. The standard InChI is InChI=1S/C13H17BrN2OS2/c1-9-10(2)16(6-7-17-3)13(15-9)18-8-11-4-5-12(14)19-11/h4-5H,6-8H2,1-3H3. The van der Waals surface area contributed by atoms with E-state index >= 15 is 0 Å². The number of methoxy groups -OCH3 is 1. The molecule has 0 atom stereocenters. The highest BCUT2D eigenvalue weighted by atomic mass is 79.9. The number of hydrogen-bond acceptors (Lipinski definition) is 4. The minimum Gasteiger partial charge on any atom is -0.383 e. The molecule has 2 heterocycles. The zero-order chi connectivity index (χ0) is 13.8. The topological polar surface area (TPSA) is 27.1 Å². The number of rotatable bonds is 6. The van der Waals surface area contributed by atoms with Crippen molar-refractivity contribution in [2.75, 3.05) is 13.7 Å². The minimum atomic E-state index is 0.717. The fourth-order valence-electron chi connectivity index (χ4n) is 1.74. The molecule has 0 bridgehead atoms. The van der Waals surface area contributed by atoms with Crippen molar-refractivity contribution in [3.8, 4) is 0 Å². The van der Waals surface area contributed by atoms with Crippen molar-refractivity contribution in [1.82, 2.24) is 9.55 Å². The lowest BCUT2D eigenvalue weighted by molar-refractivity contribution is 0.184. The third-order valence-electron chi connectivity index (χ3n) is 2.91. The Morgan fingerprint density at radius 3 is 2.84 bits per heavy atom. The van der Waals surface area contributed by atoms with Gasteiger partial charge < -0.3 is 9.30 Å². The highest BCUT2D eigenvalue weighted by molar-refractivity contribution is 9.11. The summed E-state index contributed by atoms with van der Waals surface area (Å²) in [5, 5.41) is 1.08. The summed E-state index contributed by atoms with van der Waals surface area (Å²) in [5.41, 5.74) is 2.33. The van der Waals surface area contributed by atoms with Crippen LogP contribution in [0.4, 0.5) is 0 Å². The van der Waals surface area contributed by atoms with Crippen LogP contribution in [-0.4, -0.2) is 23.3 Å². The molecular weight excluding hydrogens is 344 g/mol. The molecule has 2 rings (SSSR count). The molecule has 3 nitrogen and oxygen atoms in total. The highest BCUT2D eigenvalue weighted by Gasteiger charge is 2.11. The zero-order valence-corrected chi connectivity index (χ0v) is 14.5. The van der Waals surface area contributed by atoms with Crippen molar-refractivity contribution in [2.24, 2.45) is 0 Å². The number of nitrogens with zero attached hydrogens (tertiary/aromatic N) is 2. The van der Waals surface area contributed by atoms with Gasteiger partial charge in [0.05, 0.1) is 16.1 Å². The molecule has 0 fully saturated rings. The second-order valence-corrected chi connectivity index (χ2v) is 7.69. The Hall–Kier alpha value is -0.300. The van der Waals surface area contributed by atoms with E-state index in [-0.39, 0.29) is 0 Å². The normalized spacial score (nSPS) is 11.2. The van der Waals surface area contributed by atoms with Crippen LogP contribution in [-0.2, 0) is 17.0 Å². The molecule has 0 saturated heterocycles. The van der Waals surface area contributed by atoms with E-state index in [1.165, 1.54) is 14.4 Å². The number of ether oxygens (including phenoxy) is 1. The molecule has 0 amide bonds. The van der Waals surface area contributed by atoms with E-state index in [0.717, 1.165) is 29.8 Å². The molecule has 0 unspecified atom stereocenters. The average molecular weight is 361 g/mol. The first-order valence-corrected chi connectivity index (χ1v) is 8.61. The number of thiophene rings is 1. The molecule has 2 aromatic rings. The van der Waals surface area contributed by atoms with Gasteiger partial charge in [0.1, 0.15) is 0 Å². The summed E-state index contributed by atoms with van der Waals surface area (Å²) in [6.45, 7) is 5.75. The summed E-state index contributed by atoms with van der Waals surface area (Å²) in [6.07, 6.45) is 0. The van der Waals surface area contributed by atoms with Crippen LogP contribution in [0.15, 0.2) is 21.1 Å². The Morgan fingerprint density at radius 2 is 2.21 bits per heavy atom. The lowest BCUT2D eigenvalue weighted by Gasteiger charge is -2.08. The first-order chi connectivity index (χ1) is 9.11. The molecule has 19 heavy (non-hydrogen) atoms. The summed E-state index contributed by atoms with van der Waals surface area (Å²) in [6, 6.07) is 4.25. The quantitative estimate of drug-likeness (QED) is 0.720. The summed E-state index contributed by atoms with van der Waals surface area (Å²) in [4.78, 5) is 6.00. The van der Waals surface area contributed by atoms with Crippen LogP contribution in [0.1, 0.15) is 16.3 Å². The van der Waals surface area contributed by atoms with E-state index in [9.17, 15) is 0 Å². The van der Waals surface area contributed by atoms with Crippen LogP contribution >= 0.6 is 39.0 Å². The van der Waals surface area contributed by atoms with Gasteiger partial charge in [0.15, 0.2) is 5.16 Å². The van der Waals surface area contributed by atoms with Crippen molar-refractivity contribution in [3.63, 3.8) is 0 Å². The Labute approximate surface area is 130 Å². The van der Waals surface area contributed by atoms with Crippen LogP contribution in [0.25, 0.3) is 0 Å². The van der Waals surface area contributed by atoms with Crippen molar-refractivity contribution in [1.29, 1.82) is 0 Å². The average Bonchev–Trinajstić information content (AvgIpc) is 2.91. The van der Waals surface area contributed by atoms with E-state index in [1.54, 1.807) is 30.2 Å². The van der Waals surface area contributed by atoms with Gasteiger partial charge in [-0.1, -0.05) is 11.8 Å². The predicted molar refractivity (Wildman–Crippen MR) is 85.2 cm³/mol. The highest BCUT2D eigenvalue weighted by Crippen LogP contribution is 2.29. The molecule has 0 N–H and O–H groups in total. The lowest BCUT2D eigenvalue weighted by atomic mass is 10.4. The van der Waals surface area contributed by atoms with Crippen LogP contribution < -0.4 is 0 Å². The van der Waals surface area contributed by atoms with Gasteiger partial charge in [0.25, 0.3) is 0 Å². The van der Waals surface area contributed by atoms with E-state index < -0.39 is 0 Å². The molecule has 0 aromatic carbocycles. The van der Waals surface area contributed by atoms with E-state index in [4.69, 9.17) is 4.74 Å². The smallest absolute Gasteiger partial charge is 0.168 e. The van der Waals surface area contributed by atoms with Gasteiger partial charge in [-0.05, 0) is 41.9 Å². The monoisotopic (exact) mass is 360 g/mol. The molecule has 2 aromatic heterocycles. The Bertz CT molecular complexity index is 551. The minimum absolute atomic E-state index is 0.717. The summed E-state index contributed by atoms with van der Waals surface area (Å²) in [7, 11) is 1.73. The van der Waals surface area contributed by atoms with E-state index in [0.29, 0.717) is 0 Å². The third-order valence-corrected chi connectivity index (χ3v) is 5.75. The summed E-state index contributed by atoms with van der Waals surface area (Å²) in [5.74, 6) is 0.957. The Kier molecular flexibility index (Phi) is 5.50. The Morgan fingerprint density at radius 1 is 1.42 bits per heavy atom. The molecule has 0 aliphatic rings. The van der Waals surface area contributed by atoms with E-state index in [1.807, 2.05) is 0 Å². The summed E-state index contributed by atoms with van der Waals surface area (Å²) < 4.78 is 8.59. The fraction of sp³-hybridized carbons (Fsp3) is 0.462. The van der Waals surface area contributed by atoms with Gasteiger partial charge in [-0.2, -0.15) is 0 Å². The van der Waals surface area contributed by atoms with Crippen LogP contribution in [0.2, 0.25) is 0 Å². The van der Waals surface area contributed by atoms with Gasteiger partial charge >= 0.3 is 0 Å². The third kappa shape index (κ3) is 3.84. The van der Waals surface area contributed by atoms with Gasteiger partial charge in [0.2, 0.25) is 0 Å². The first-order valence-electron chi connectivity index (χ1n) is 6.01. The largest absolute Gasteiger partial charge is 0.383 e. The van der Waals surface area contributed by atoms with Gasteiger partial charge in [0, 0.05) is 30.0 Å². The fourth-order valence-corrected chi connectivity index (χ4v) is 4.39. The number of thioether (sulfide) groups is 1. The van der Waals surface area contributed by atoms with Crippen LogP contribution in [0.3, 0.4) is 0 Å². The molecule has 0 saturated carbocycles. The number of aromatic nitrogens is 2. The Balaban J connectivity index is 2.08. The SMILES string of the molecule is COCCn1c(SCc2ccc(Br)s2)nc(C)c1C. The number of aryl methyl sites for hydroxylation is 1.